The number of benzene rings is 1. The van der Waals surface area contributed by atoms with Crippen LogP contribution in [0.25, 0.3) is 22.2 Å². The first-order valence-electron chi connectivity index (χ1n) is 8.97. The van der Waals surface area contributed by atoms with Crippen LogP contribution in [0.15, 0.2) is 18.3 Å². The summed E-state index contributed by atoms with van der Waals surface area (Å²) in [6, 6.07) is 4.32. The number of H-pyrrole nitrogens is 1. The van der Waals surface area contributed by atoms with Gasteiger partial charge in [0.05, 0.1) is 41.7 Å². The van der Waals surface area contributed by atoms with Gasteiger partial charge in [-0.2, -0.15) is 5.10 Å². The molecule has 0 saturated carbocycles. The Balaban J connectivity index is 1.90. The van der Waals surface area contributed by atoms with E-state index in [0.29, 0.717) is 25.0 Å². The lowest BCUT2D eigenvalue weighted by Gasteiger charge is -2.36. The molecule has 2 aromatic heterocycles. The molecule has 1 aliphatic rings. The Bertz CT molecular complexity index is 969. The zero-order valence-electron chi connectivity index (χ0n) is 15.7. The molecule has 1 fully saturated rings. The molecule has 0 aliphatic carbocycles. The van der Waals surface area contributed by atoms with Crippen molar-refractivity contribution in [3.8, 4) is 11.3 Å². The largest absolute Gasteiger partial charge is 0.387 e. The lowest BCUT2D eigenvalue weighted by Crippen LogP contribution is -2.44. The highest BCUT2D eigenvalue weighted by Crippen LogP contribution is 2.37. The Morgan fingerprint density at radius 1 is 1.30 bits per heavy atom. The summed E-state index contributed by atoms with van der Waals surface area (Å²) in [7, 11) is 3.68. The molecule has 0 amide bonds. The lowest BCUT2D eigenvalue weighted by molar-refractivity contribution is 0.0989. The van der Waals surface area contributed by atoms with Crippen LogP contribution < -0.4 is 21.3 Å². The number of fused-ring (bicyclic) bond motifs is 1. The van der Waals surface area contributed by atoms with Crippen LogP contribution >= 0.6 is 0 Å². The lowest BCUT2D eigenvalue weighted by atomic mass is 10.0. The van der Waals surface area contributed by atoms with Crippen molar-refractivity contribution in [2.45, 2.75) is 13.0 Å². The molecule has 1 aromatic carbocycles. The van der Waals surface area contributed by atoms with E-state index in [1.54, 1.807) is 0 Å². The Morgan fingerprint density at radius 2 is 2.15 bits per heavy atom. The summed E-state index contributed by atoms with van der Waals surface area (Å²) in [6.45, 7) is 4.32. The van der Waals surface area contributed by atoms with Gasteiger partial charge in [-0.15, -0.1) is 0 Å². The number of aromatic amines is 1. The van der Waals surface area contributed by atoms with E-state index in [1.807, 2.05) is 32.4 Å². The summed E-state index contributed by atoms with van der Waals surface area (Å²) >= 11 is 0. The molecule has 1 aliphatic heterocycles. The van der Waals surface area contributed by atoms with Crippen LogP contribution in [0, 0.1) is 0 Å². The quantitative estimate of drug-likeness (QED) is 0.552. The zero-order chi connectivity index (χ0) is 19.0. The number of hydrogen-bond donors (Lipinski definition) is 4. The highest BCUT2D eigenvalue weighted by atomic mass is 16.5. The molecule has 0 radical (unpaired) electrons. The standard InChI is InChI=1S/C18H24N8O/c1-10-9-27-5-4-26(10)14-8-22-18(21-3)23-16(14)11-6-12(20-2)15-13(7-11)24-25-17(15)19/h6-8,10,20H,4-5,9H2,1-3H3,(H3,19,24,25)(H,21,22,23)/t10-/m1/s1. The zero-order valence-corrected chi connectivity index (χ0v) is 15.7. The van der Waals surface area contributed by atoms with Gasteiger partial charge in [-0.3, -0.25) is 5.10 Å². The molecule has 0 bridgehead atoms. The molecular weight excluding hydrogens is 344 g/mol. The number of anilines is 4. The van der Waals surface area contributed by atoms with Crippen molar-refractivity contribution in [3.63, 3.8) is 0 Å². The van der Waals surface area contributed by atoms with Crippen molar-refractivity contribution in [1.29, 1.82) is 0 Å². The maximum absolute atomic E-state index is 6.01. The van der Waals surface area contributed by atoms with E-state index in [2.05, 4.69) is 37.6 Å². The van der Waals surface area contributed by atoms with Crippen LogP contribution in [0.3, 0.4) is 0 Å². The van der Waals surface area contributed by atoms with E-state index in [0.717, 1.165) is 40.1 Å². The number of ether oxygens (including phenoxy) is 1. The van der Waals surface area contributed by atoms with Crippen molar-refractivity contribution in [1.82, 2.24) is 20.2 Å². The number of nitrogen functional groups attached to an aromatic ring is 1. The SMILES string of the molecule is CNc1ncc(N2CCOC[C@H]2C)c(-c2cc(NC)c3c(N)n[nH]c3c2)n1. The van der Waals surface area contributed by atoms with Gasteiger partial charge in [0.2, 0.25) is 5.95 Å². The number of nitrogens with zero attached hydrogens (tertiary/aromatic N) is 4. The molecule has 1 atom stereocenters. The summed E-state index contributed by atoms with van der Waals surface area (Å²) in [5, 5.41) is 14.3. The first kappa shape index (κ1) is 17.3. The smallest absolute Gasteiger partial charge is 0.223 e. The second-order valence-corrected chi connectivity index (χ2v) is 6.60. The molecule has 3 heterocycles. The Kier molecular flexibility index (Phi) is 4.44. The maximum atomic E-state index is 6.01. The number of rotatable bonds is 4. The third-order valence-corrected chi connectivity index (χ3v) is 4.90. The monoisotopic (exact) mass is 368 g/mol. The van der Waals surface area contributed by atoms with Gasteiger partial charge < -0.3 is 26.0 Å². The number of nitrogens with one attached hydrogen (secondary N) is 3. The first-order valence-corrected chi connectivity index (χ1v) is 8.97. The summed E-state index contributed by atoms with van der Waals surface area (Å²) in [5.41, 5.74) is 10.6. The summed E-state index contributed by atoms with van der Waals surface area (Å²) in [5.74, 6) is 1.05. The van der Waals surface area contributed by atoms with Crippen molar-refractivity contribution < 1.29 is 4.74 Å². The third kappa shape index (κ3) is 2.99. The maximum Gasteiger partial charge on any atom is 0.223 e. The molecule has 142 valence electrons. The fourth-order valence-corrected chi connectivity index (χ4v) is 3.52. The Morgan fingerprint density at radius 3 is 2.89 bits per heavy atom. The first-order chi connectivity index (χ1) is 13.1. The van der Waals surface area contributed by atoms with Gasteiger partial charge in [0.1, 0.15) is 0 Å². The fourth-order valence-electron chi connectivity index (χ4n) is 3.52. The second-order valence-electron chi connectivity index (χ2n) is 6.60. The van der Waals surface area contributed by atoms with Gasteiger partial charge in [-0.05, 0) is 19.1 Å². The highest BCUT2D eigenvalue weighted by Gasteiger charge is 2.24. The van der Waals surface area contributed by atoms with Gasteiger partial charge in [-0.1, -0.05) is 0 Å². The fraction of sp³-hybridized carbons (Fsp3) is 0.389. The van der Waals surface area contributed by atoms with Gasteiger partial charge >= 0.3 is 0 Å². The van der Waals surface area contributed by atoms with E-state index >= 15 is 0 Å². The van der Waals surface area contributed by atoms with Gasteiger partial charge in [0, 0.05) is 37.9 Å². The second kappa shape index (κ2) is 6.92. The van der Waals surface area contributed by atoms with Crippen LogP contribution in [-0.4, -0.2) is 60.1 Å². The molecule has 27 heavy (non-hydrogen) atoms. The number of nitrogens with two attached hydrogens (primary N) is 1. The third-order valence-electron chi connectivity index (χ3n) is 4.90. The molecular formula is C18H24N8O. The highest BCUT2D eigenvalue weighted by molar-refractivity contribution is 6.02. The summed E-state index contributed by atoms with van der Waals surface area (Å²) < 4.78 is 5.59. The average Bonchev–Trinajstić information content (AvgIpc) is 3.08. The molecule has 0 unspecified atom stereocenters. The molecule has 4 rings (SSSR count). The van der Waals surface area contributed by atoms with Crippen LogP contribution in [0.5, 0.6) is 0 Å². The average molecular weight is 368 g/mol. The Hall–Kier alpha value is -3.07. The van der Waals surface area contributed by atoms with E-state index in [-0.39, 0.29) is 6.04 Å². The summed E-state index contributed by atoms with van der Waals surface area (Å²) in [6.07, 6.45) is 1.88. The number of aromatic nitrogens is 4. The van der Waals surface area contributed by atoms with Crippen LogP contribution in [0.1, 0.15) is 6.92 Å². The molecule has 5 N–H and O–H groups in total. The molecule has 3 aromatic rings. The van der Waals surface area contributed by atoms with Crippen molar-refractivity contribution in [2.75, 3.05) is 55.1 Å². The van der Waals surface area contributed by atoms with Crippen molar-refractivity contribution >= 4 is 34.0 Å². The van der Waals surface area contributed by atoms with E-state index in [1.165, 1.54) is 0 Å². The molecule has 9 heteroatoms. The normalized spacial score (nSPS) is 17.3. The van der Waals surface area contributed by atoms with Crippen LogP contribution in [0.2, 0.25) is 0 Å². The topological polar surface area (TPSA) is 117 Å². The Labute approximate surface area is 157 Å². The minimum atomic E-state index is 0.247. The van der Waals surface area contributed by atoms with Gasteiger partial charge in [-0.25, -0.2) is 9.97 Å². The van der Waals surface area contributed by atoms with Crippen molar-refractivity contribution in [2.24, 2.45) is 0 Å². The van der Waals surface area contributed by atoms with E-state index in [4.69, 9.17) is 15.5 Å². The van der Waals surface area contributed by atoms with Crippen molar-refractivity contribution in [3.05, 3.63) is 18.3 Å². The number of hydrogen-bond acceptors (Lipinski definition) is 8. The van der Waals surface area contributed by atoms with Gasteiger partial charge in [0.25, 0.3) is 0 Å². The van der Waals surface area contributed by atoms with Crippen LogP contribution in [0.4, 0.5) is 23.1 Å². The molecule has 9 nitrogen and oxygen atoms in total. The molecule has 0 spiro atoms. The molecule has 1 saturated heterocycles. The van der Waals surface area contributed by atoms with Gasteiger partial charge in [0.15, 0.2) is 5.82 Å². The predicted octanol–water partition coefficient (Wildman–Crippen LogP) is 1.91. The minimum absolute atomic E-state index is 0.247. The number of morpholine rings is 1. The predicted molar refractivity (Wildman–Crippen MR) is 108 cm³/mol. The minimum Gasteiger partial charge on any atom is -0.387 e. The van der Waals surface area contributed by atoms with E-state index in [9.17, 15) is 0 Å². The summed E-state index contributed by atoms with van der Waals surface area (Å²) in [4.78, 5) is 11.5. The van der Waals surface area contributed by atoms with Crippen LogP contribution in [-0.2, 0) is 4.74 Å². The van der Waals surface area contributed by atoms with E-state index < -0.39 is 0 Å².